The predicted molar refractivity (Wildman–Crippen MR) is 71.2 cm³/mol. The summed E-state index contributed by atoms with van der Waals surface area (Å²) < 4.78 is 8.75. The molecular weight excluding hydrogens is 328 g/mol. The van der Waals surface area contributed by atoms with Crippen LogP contribution in [-0.4, -0.2) is 42.7 Å². The van der Waals surface area contributed by atoms with Crippen LogP contribution in [0.2, 0.25) is 0 Å². The molecule has 0 aromatic carbocycles. The van der Waals surface area contributed by atoms with Crippen molar-refractivity contribution in [3.63, 3.8) is 0 Å². The molecule has 0 atom stereocenters. The van der Waals surface area contributed by atoms with Gasteiger partial charge in [0.25, 0.3) is 0 Å². The molecule has 0 amide bonds. The number of carbonyl (C=O) groups excluding carboxylic acids is 1. The first-order valence-corrected chi connectivity index (χ1v) is 6.43. The fraction of sp³-hybridized carbons (Fsp3) is 0.182. The average Bonchev–Trinajstić information content (AvgIpc) is 3.07. The molecule has 20 heavy (non-hydrogen) atoms. The molecule has 9 heteroatoms. The first kappa shape index (κ1) is 12.7. The number of ether oxygens (including phenoxy) is 1. The number of carbonyl (C=O) groups is 1. The van der Waals surface area contributed by atoms with Gasteiger partial charge in [0.2, 0.25) is 0 Å². The van der Waals surface area contributed by atoms with Crippen LogP contribution < -0.4 is 0 Å². The Morgan fingerprint density at radius 3 is 3.00 bits per heavy atom. The van der Waals surface area contributed by atoms with Crippen molar-refractivity contribution in [2.24, 2.45) is 0 Å². The van der Waals surface area contributed by atoms with Gasteiger partial charge in [0.15, 0.2) is 5.65 Å². The Morgan fingerprint density at radius 1 is 1.45 bits per heavy atom. The lowest BCUT2D eigenvalue weighted by Gasteiger charge is -2.01. The molecule has 3 aromatic rings. The summed E-state index contributed by atoms with van der Waals surface area (Å²) in [6.45, 7) is 0.453. The summed E-state index contributed by atoms with van der Waals surface area (Å²) in [5.74, 6) is -0.400. The maximum absolute atomic E-state index is 11.6. The Bertz CT molecular complexity index is 767. The maximum Gasteiger partial charge on any atom is 0.339 e. The monoisotopic (exact) mass is 336 g/mol. The highest BCUT2D eigenvalue weighted by Gasteiger charge is 2.12. The van der Waals surface area contributed by atoms with E-state index in [1.807, 2.05) is 6.20 Å². The van der Waals surface area contributed by atoms with Gasteiger partial charge in [-0.3, -0.25) is 0 Å². The zero-order valence-corrected chi connectivity index (χ0v) is 12.0. The van der Waals surface area contributed by atoms with E-state index in [9.17, 15) is 4.79 Å². The number of tetrazole rings is 1. The molecule has 0 saturated heterocycles. The van der Waals surface area contributed by atoms with Gasteiger partial charge in [-0.15, -0.1) is 5.10 Å². The lowest BCUT2D eigenvalue weighted by atomic mass is 10.3. The van der Waals surface area contributed by atoms with E-state index in [0.29, 0.717) is 22.2 Å². The van der Waals surface area contributed by atoms with Crippen molar-refractivity contribution in [2.45, 2.75) is 6.54 Å². The van der Waals surface area contributed by atoms with Gasteiger partial charge in [-0.05, 0) is 32.4 Å². The summed E-state index contributed by atoms with van der Waals surface area (Å²) in [6, 6.07) is 1.68. The van der Waals surface area contributed by atoms with Crippen LogP contribution in [0, 0.1) is 0 Å². The molecule has 0 N–H and O–H groups in total. The highest BCUT2D eigenvalue weighted by Crippen LogP contribution is 2.20. The molecular formula is C11H9BrN6O2. The largest absolute Gasteiger partial charge is 0.465 e. The van der Waals surface area contributed by atoms with E-state index in [1.165, 1.54) is 13.4 Å². The number of imidazole rings is 1. The predicted octanol–water partition coefficient (Wildman–Crippen LogP) is 0.918. The van der Waals surface area contributed by atoms with Crippen LogP contribution in [-0.2, 0) is 11.3 Å². The smallest absolute Gasteiger partial charge is 0.339 e. The molecule has 0 radical (unpaired) electrons. The van der Waals surface area contributed by atoms with Crippen molar-refractivity contribution in [1.29, 1.82) is 0 Å². The van der Waals surface area contributed by atoms with E-state index in [4.69, 9.17) is 4.74 Å². The third kappa shape index (κ3) is 2.27. The minimum Gasteiger partial charge on any atom is -0.465 e. The Kier molecular flexibility index (Phi) is 3.18. The van der Waals surface area contributed by atoms with Crippen LogP contribution in [0.1, 0.15) is 16.1 Å². The number of rotatable bonds is 3. The molecule has 0 fully saturated rings. The number of esters is 1. The molecule has 3 rings (SSSR count). The summed E-state index contributed by atoms with van der Waals surface area (Å²) in [5.41, 5.74) is 1.93. The second-order valence-corrected chi connectivity index (χ2v) is 4.89. The molecule has 3 heterocycles. The standard InChI is InChI=1S/C11H9BrN6O2/c1-20-11(19)7-2-9(12)10-14-8(4-17(10)3-7)5-18-6-13-15-16-18/h2-4,6H,5H2,1H3. The molecule has 0 unspecified atom stereocenters. The summed E-state index contributed by atoms with van der Waals surface area (Å²) in [7, 11) is 1.34. The number of aromatic nitrogens is 6. The van der Waals surface area contributed by atoms with Gasteiger partial charge in [0.05, 0.1) is 29.4 Å². The Balaban J connectivity index is 2.02. The number of hydrogen-bond acceptors (Lipinski definition) is 6. The van der Waals surface area contributed by atoms with Crippen molar-refractivity contribution in [1.82, 2.24) is 29.6 Å². The number of methoxy groups -OCH3 is 1. The summed E-state index contributed by atoms with van der Waals surface area (Å²) >= 11 is 3.40. The minimum absolute atomic E-state index is 0.400. The quantitative estimate of drug-likeness (QED) is 0.661. The summed E-state index contributed by atoms with van der Waals surface area (Å²) in [5, 5.41) is 10.9. The number of halogens is 1. The van der Waals surface area contributed by atoms with Crippen LogP contribution in [0.15, 0.2) is 29.3 Å². The molecule has 0 aliphatic rings. The van der Waals surface area contributed by atoms with Crippen LogP contribution in [0.25, 0.3) is 5.65 Å². The van der Waals surface area contributed by atoms with Crippen LogP contribution in [0.3, 0.4) is 0 Å². The van der Waals surface area contributed by atoms with Gasteiger partial charge >= 0.3 is 5.97 Å². The number of hydrogen-bond donors (Lipinski definition) is 0. The number of fused-ring (bicyclic) bond motifs is 1. The van der Waals surface area contributed by atoms with E-state index in [1.54, 1.807) is 21.3 Å². The van der Waals surface area contributed by atoms with Crippen LogP contribution in [0.5, 0.6) is 0 Å². The molecule has 102 valence electrons. The van der Waals surface area contributed by atoms with Crippen LogP contribution >= 0.6 is 15.9 Å². The Labute approximate surface area is 121 Å². The van der Waals surface area contributed by atoms with Crippen molar-refractivity contribution in [3.05, 3.63) is 40.5 Å². The van der Waals surface area contributed by atoms with Gasteiger partial charge in [-0.25, -0.2) is 14.5 Å². The van der Waals surface area contributed by atoms with Crippen molar-refractivity contribution in [3.8, 4) is 0 Å². The van der Waals surface area contributed by atoms with Gasteiger partial charge in [0, 0.05) is 12.4 Å². The average molecular weight is 337 g/mol. The topological polar surface area (TPSA) is 87.2 Å². The summed E-state index contributed by atoms with van der Waals surface area (Å²) in [4.78, 5) is 16.0. The second kappa shape index (κ2) is 5.00. The maximum atomic E-state index is 11.6. The van der Waals surface area contributed by atoms with Crippen molar-refractivity contribution in [2.75, 3.05) is 7.11 Å². The SMILES string of the molecule is COC(=O)c1cc(Br)c2nc(Cn3cnnn3)cn2c1. The minimum atomic E-state index is -0.400. The third-order valence-corrected chi connectivity index (χ3v) is 3.28. The number of pyridine rings is 1. The third-order valence-electron chi connectivity index (χ3n) is 2.69. The molecule has 0 saturated carbocycles. The molecule has 0 aliphatic carbocycles. The molecule has 3 aromatic heterocycles. The van der Waals surface area contributed by atoms with Gasteiger partial charge in [-0.1, -0.05) is 0 Å². The highest BCUT2D eigenvalue weighted by molar-refractivity contribution is 9.10. The van der Waals surface area contributed by atoms with Gasteiger partial charge < -0.3 is 9.14 Å². The van der Waals surface area contributed by atoms with Crippen molar-refractivity contribution < 1.29 is 9.53 Å². The first-order chi connectivity index (χ1) is 9.67. The molecule has 0 aliphatic heterocycles. The summed E-state index contributed by atoms with van der Waals surface area (Å²) in [6.07, 6.45) is 5.00. The normalized spacial score (nSPS) is 10.9. The fourth-order valence-electron chi connectivity index (χ4n) is 1.83. The number of nitrogens with zero attached hydrogens (tertiary/aromatic N) is 6. The van der Waals surface area contributed by atoms with Crippen molar-refractivity contribution >= 4 is 27.5 Å². The zero-order valence-electron chi connectivity index (χ0n) is 10.4. The second-order valence-electron chi connectivity index (χ2n) is 4.04. The van der Waals surface area contributed by atoms with Crippen LogP contribution in [0.4, 0.5) is 0 Å². The Morgan fingerprint density at radius 2 is 2.30 bits per heavy atom. The Hall–Kier alpha value is -2.29. The molecule has 0 spiro atoms. The lowest BCUT2D eigenvalue weighted by molar-refractivity contribution is 0.0600. The zero-order chi connectivity index (χ0) is 14.1. The fourth-order valence-corrected chi connectivity index (χ4v) is 2.37. The van der Waals surface area contributed by atoms with E-state index in [-0.39, 0.29) is 0 Å². The van der Waals surface area contributed by atoms with Gasteiger partial charge in [-0.2, -0.15) is 0 Å². The van der Waals surface area contributed by atoms with E-state index < -0.39 is 5.97 Å². The molecule has 0 bridgehead atoms. The lowest BCUT2D eigenvalue weighted by Crippen LogP contribution is -2.03. The van der Waals surface area contributed by atoms with E-state index >= 15 is 0 Å². The first-order valence-electron chi connectivity index (χ1n) is 5.63. The van der Waals surface area contributed by atoms with E-state index in [0.717, 1.165) is 5.69 Å². The highest BCUT2D eigenvalue weighted by atomic mass is 79.9. The van der Waals surface area contributed by atoms with Gasteiger partial charge in [0.1, 0.15) is 6.33 Å². The van der Waals surface area contributed by atoms with E-state index in [2.05, 4.69) is 36.4 Å². The molecule has 8 nitrogen and oxygen atoms in total.